The first kappa shape index (κ1) is 16.6. The minimum atomic E-state index is -0.363. The Morgan fingerprint density at radius 2 is 1.80 bits per heavy atom. The van der Waals surface area contributed by atoms with E-state index in [2.05, 4.69) is 26.1 Å². The number of nitro groups is 1. The molecule has 0 aliphatic carbocycles. The van der Waals surface area contributed by atoms with Crippen LogP contribution in [0.1, 0.15) is 64.5 Å². The molecule has 0 saturated carbocycles. The van der Waals surface area contributed by atoms with E-state index in [1.807, 2.05) is 12.1 Å². The summed E-state index contributed by atoms with van der Waals surface area (Å²) in [5.74, 6) is 0. The van der Waals surface area contributed by atoms with Gasteiger partial charge in [-0.25, -0.2) is 0 Å². The zero-order valence-electron chi connectivity index (χ0n) is 12.8. The molecule has 1 aromatic carbocycles. The van der Waals surface area contributed by atoms with Crippen LogP contribution in [-0.4, -0.2) is 11.0 Å². The zero-order valence-corrected chi connectivity index (χ0v) is 12.8. The number of unbranched alkanes of at least 4 members (excludes halogenated alkanes) is 3. The molecule has 0 heterocycles. The molecule has 0 radical (unpaired) electrons. The summed E-state index contributed by atoms with van der Waals surface area (Å²) >= 11 is 0. The second-order valence-corrected chi connectivity index (χ2v) is 5.49. The molecule has 0 bridgehead atoms. The molecule has 4 heteroatoms. The molecule has 2 unspecified atom stereocenters. The van der Waals surface area contributed by atoms with Gasteiger partial charge in [-0.15, -0.1) is 0 Å². The lowest BCUT2D eigenvalue weighted by Crippen LogP contribution is -2.28. The van der Waals surface area contributed by atoms with Gasteiger partial charge in [0, 0.05) is 24.2 Å². The highest BCUT2D eigenvalue weighted by atomic mass is 16.6. The molecule has 0 aromatic heterocycles. The number of hydrogen-bond donors (Lipinski definition) is 1. The van der Waals surface area contributed by atoms with Crippen LogP contribution in [0.5, 0.6) is 0 Å². The molecule has 0 amide bonds. The van der Waals surface area contributed by atoms with Gasteiger partial charge in [-0.1, -0.05) is 44.7 Å². The highest BCUT2D eigenvalue weighted by Crippen LogP contribution is 2.18. The van der Waals surface area contributed by atoms with Crippen molar-refractivity contribution in [2.24, 2.45) is 0 Å². The Balaban J connectivity index is 2.41. The van der Waals surface area contributed by atoms with Crippen molar-refractivity contribution in [3.8, 4) is 0 Å². The molecule has 0 spiro atoms. The summed E-state index contributed by atoms with van der Waals surface area (Å²) in [5, 5.41) is 14.2. The Bertz CT molecular complexity index is 403. The van der Waals surface area contributed by atoms with Gasteiger partial charge in [-0.2, -0.15) is 0 Å². The summed E-state index contributed by atoms with van der Waals surface area (Å²) in [5.41, 5.74) is 1.24. The minimum absolute atomic E-state index is 0.147. The van der Waals surface area contributed by atoms with Gasteiger partial charge < -0.3 is 5.32 Å². The highest BCUT2D eigenvalue weighted by Gasteiger charge is 2.11. The molecule has 1 aromatic rings. The predicted octanol–water partition coefficient (Wildman–Crippen LogP) is 4.60. The maximum absolute atomic E-state index is 10.6. The Kier molecular flexibility index (Phi) is 7.23. The summed E-state index contributed by atoms with van der Waals surface area (Å²) < 4.78 is 0. The normalized spacial score (nSPS) is 13.9. The molecular weight excluding hydrogens is 252 g/mol. The second kappa shape index (κ2) is 8.69. The fraction of sp³-hybridized carbons (Fsp3) is 0.625. The molecule has 0 fully saturated rings. The van der Waals surface area contributed by atoms with Crippen molar-refractivity contribution in [2.45, 2.75) is 65.0 Å². The van der Waals surface area contributed by atoms with Gasteiger partial charge in [0.1, 0.15) is 0 Å². The smallest absolute Gasteiger partial charge is 0.269 e. The van der Waals surface area contributed by atoms with Crippen molar-refractivity contribution < 1.29 is 4.92 Å². The molecule has 4 nitrogen and oxygen atoms in total. The van der Waals surface area contributed by atoms with E-state index >= 15 is 0 Å². The van der Waals surface area contributed by atoms with Crippen LogP contribution in [0, 0.1) is 10.1 Å². The first-order valence-corrected chi connectivity index (χ1v) is 7.55. The van der Waals surface area contributed by atoms with Crippen LogP contribution < -0.4 is 5.32 Å². The monoisotopic (exact) mass is 278 g/mol. The lowest BCUT2D eigenvalue weighted by molar-refractivity contribution is -0.384. The van der Waals surface area contributed by atoms with E-state index in [9.17, 15) is 10.1 Å². The van der Waals surface area contributed by atoms with E-state index in [0.717, 1.165) is 5.56 Å². The summed E-state index contributed by atoms with van der Waals surface area (Å²) in [7, 11) is 0. The van der Waals surface area contributed by atoms with Crippen molar-refractivity contribution in [3.63, 3.8) is 0 Å². The maximum Gasteiger partial charge on any atom is 0.269 e. The summed E-state index contributed by atoms with van der Waals surface area (Å²) in [4.78, 5) is 10.3. The first-order valence-electron chi connectivity index (χ1n) is 7.55. The number of nitro benzene ring substituents is 1. The molecule has 112 valence electrons. The lowest BCUT2D eigenvalue weighted by atomic mass is 10.0. The van der Waals surface area contributed by atoms with E-state index in [1.165, 1.54) is 32.1 Å². The number of rotatable bonds is 9. The van der Waals surface area contributed by atoms with E-state index in [0.29, 0.717) is 6.04 Å². The zero-order chi connectivity index (χ0) is 15.0. The number of nitrogens with zero attached hydrogens (tertiary/aromatic N) is 1. The van der Waals surface area contributed by atoms with Crippen molar-refractivity contribution in [1.82, 2.24) is 5.32 Å². The van der Waals surface area contributed by atoms with Crippen molar-refractivity contribution in [2.75, 3.05) is 0 Å². The predicted molar refractivity (Wildman–Crippen MR) is 82.9 cm³/mol. The molecular formula is C16H26N2O2. The fourth-order valence-electron chi connectivity index (χ4n) is 2.37. The van der Waals surface area contributed by atoms with E-state index in [-0.39, 0.29) is 16.7 Å². The third kappa shape index (κ3) is 5.70. The molecule has 1 rings (SSSR count). The lowest BCUT2D eigenvalue weighted by Gasteiger charge is -2.20. The van der Waals surface area contributed by atoms with Crippen LogP contribution in [0.3, 0.4) is 0 Å². The van der Waals surface area contributed by atoms with Crippen LogP contribution in [0.25, 0.3) is 0 Å². The number of hydrogen-bond acceptors (Lipinski definition) is 3. The first-order chi connectivity index (χ1) is 9.54. The van der Waals surface area contributed by atoms with Crippen LogP contribution >= 0.6 is 0 Å². The average molecular weight is 278 g/mol. The van der Waals surface area contributed by atoms with Gasteiger partial charge >= 0.3 is 0 Å². The van der Waals surface area contributed by atoms with Crippen molar-refractivity contribution >= 4 is 5.69 Å². The Hall–Kier alpha value is -1.42. The SMILES string of the molecule is CCCCCCC(C)NC(C)c1ccc([N+](=O)[O-])cc1. The molecule has 0 saturated heterocycles. The Labute approximate surface area is 121 Å². The topological polar surface area (TPSA) is 55.2 Å². The Morgan fingerprint density at radius 3 is 2.35 bits per heavy atom. The molecule has 1 N–H and O–H groups in total. The van der Waals surface area contributed by atoms with Crippen LogP contribution in [0.2, 0.25) is 0 Å². The largest absolute Gasteiger partial charge is 0.308 e. The summed E-state index contributed by atoms with van der Waals surface area (Å²) in [6, 6.07) is 7.49. The number of benzene rings is 1. The van der Waals surface area contributed by atoms with Crippen LogP contribution in [-0.2, 0) is 0 Å². The van der Waals surface area contributed by atoms with Gasteiger partial charge in [0.2, 0.25) is 0 Å². The standard InChI is InChI=1S/C16H26N2O2/c1-4-5-6-7-8-13(2)17-14(3)15-9-11-16(12-10-15)18(19)20/h9-14,17H,4-8H2,1-3H3. The van der Waals surface area contributed by atoms with Gasteiger partial charge in [0.05, 0.1) is 4.92 Å². The van der Waals surface area contributed by atoms with Gasteiger partial charge in [0.15, 0.2) is 0 Å². The van der Waals surface area contributed by atoms with Gasteiger partial charge in [0.25, 0.3) is 5.69 Å². The molecule has 2 atom stereocenters. The highest BCUT2D eigenvalue weighted by molar-refractivity contribution is 5.34. The van der Waals surface area contributed by atoms with Crippen LogP contribution in [0.15, 0.2) is 24.3 Å². The molecule has 20 heavy (non-hydrogen) atoms. The van der Waals surface area contributed by atoms with Gasteiger partial charge in [-0.3, -0.25) is 10.1 Å². The Morgan fingerprint density at radius 1 is 1.15 bits per heavy atom. The fourth-order valence-corrected chi connectivity index (χ4v) is 2.37. The number of nitrogens with one attached hydrogen (secondary N) is 1. The minimum Gasteiger partial charge on any atom is -0.308 e. The molecule has 0 aliphatic rings. The second-order valence-electron chi connectivity index (χ2n) is 5.49. The number of non-ortho nitro benzene ring substituents is 1. The summed E-state index contributed by atoms with van der Waals surface area (Å²) in [6.45, 7) is 6.52. The van der Waals surface area contributed by atoms with Crippen molar-refractivity contribution in [1.29, 1.82) is 0 Å². The summed E-state index contributed by atoms with van der Waals surface area (Å²) in [6.07, 6.45) is 6.31. The molecule has 0 aliphatic heterocycles. The quantitative estimate of drug-likeness (QED) is 0.408. The average Bonchev–Trinajstić information content (AvgIpc) is 2.43. The van der Waals surface area contributed by atoms with Crippen LogP contribution in [0.4, 0.5) is 5.69 Å². The van der Waals surface area contributed by atoms with E-state index in [4.69, 9.17) is 0 Å². The maximum atomic E-state index is 10.6. The van der Waals surface area contributed by atoms with E-state index < -0.39 is 0 Å². The third-order valence-electron chi connectivity index (χ3n) is 3.63. The third-order valence-corrected chi connectivity index (χ3v) is 3.63. The van der Waals surface area contributed by atoms with E-state index in [1.54, 1.807) is 12.1 Å². The van der Waals surface area contributed by atoms with Gasteiger partial charge in [-0.05, 0) is 25.8 Å². The van der Waals surface area contributed by atoms with Crippen molar-refractivity contribution in [3.05, 3.63) is 39.9 Å².